The molecular formula is C19H23ClFN3O3S. The third-order valence-corrected chi connectivity index (χ3v) is 6.06. The van der Waals surface area contributed by atoms with Gasteiger partial charge in [0.1, 0.15) is 5.82 Å². The highest BCUT2D eigenvalue weighted by Gasteiger charge is 2.22. The lowest BCUT2D eigenvalue weighted by atomic mass is 10.0. The Morgan fingerprint density at radius 2 is 1.82 bits per heavy atom. The molecule has 0 radical (unpaired) electrons. The third-order valence-electron chi connectivity index (χ3n) is 4.17. The van der Waals surface area contributed by atoms with Gasteiger partial charge in [-0.15, -0.1) is 0 Å². The number of likely N-dealkylation sites (N-methyl/N-ethyl adjacent to an activating group) is 1. The van der Waals surface area contributed by atoms with E-state index in [0.29, 0.717) is 11.1 Å². The first-order valence-electron chi connectivity index (χ1n) is 8.65. The Labute approximate surface area is 169 Å². The predicted molar refractivity (Wildman–Crippen MR) is 107 cm³/mol. The summed E-state index contributed by atoms with van der Waals surface area (Å²) in [6.07, 6.45) is 0. The standard InChI is InChI=1S/C19H23ClFN3O3S/c1-4-23-28(26,27)14-10-8-13(9-11-14)19(25)22-12-17(24(2)3)18-15(20)6-5-7-16(18)21/h5-11,17,23H,4,12H2,1-3H3,(H,22,25)/t17-/m1/s1. The molecule has 1 amide bonds. The average molecular weight is 428 g/mol. The van der Waals surface area contributed by atoms with Crippen molar-refractivity contribution in [3.8, 4) is 0 Å². The van der Waals surface area contributed by atoms with Crippen molar-refractivity contribution in [2.45, 2.75) is 17.9 Å². The lowest BCUT2D eigenvalue weighted by Gasteiger charge is -2.26. The SMILES string of the molecule is CCNS(=O)(=O)c1ccc(C(=O)NC[C@H](c2c(F)cccc2Cl)N(C)C)cc1. The molecule has 6 nitrogen and oxygen atoms in total. The summed E-state index contributed by atoms with van der Waals surface area (Å²) in [5, 5.41) is 3.03. The molecule has 28 heavy (non-hydrogen) atoms. The van der Waals surface area contributed by atoms with Crippen LogP contribution in [-0.2, 0) is 10.0 Å². The van der Waals surface area contributed by atoms with E-state index in [1.807, 2.05) is 0 Å². The van der Waals surface area contributed by atoms with E-state index in [2.05, 4.69) is 10.0 Å². The van der Waals surface area contributed by atoms with Crippen LogP contribution in [0.15, 0.2) is 47.4 Å². The largest absolute Gasteiger partial charge is 0.350 e. The van der Waals surface area contributed by atoms with Crippen molar-refractivity contribution in [3.63, 3.8) is 0 Å². The van der Waals surface area contributed by atoms with E-state index >= 15 is 0 Å². The maximum Gasteiger partial charge on any atom is 0.251 e. The molecule has 0 heterocycles. The number of carbonyl (C=O) groups excluding carboxylic acids is 1. The number of benzene rings is 2. The van der Waals surface area contributed by atoms with Crippen LogP contribution in [0, 0.1) is 5.82 Å². The summed E-state index contributed by atoms with van der Waals surface area (Å²) in [5.74, 6) is -0.842. The van der Waals surface area contributed by atoms with E-state index in [0.717, 1.165) is 0 Å². The molecule has 2 N–H and O–H groups in total. The fourth-order valence-corrected chi connectivity index (χ4v) is 4.05. The van der Waals surface area contributed by atoms with Gasteiger partial charge in [-0.3, -0.25) is 4.79 Å². The van der Waals surface area contributed by atoms with Gasteiger partial charge in [-0.25, -0.2) is 17.5 Å². The quantitative estimate of drug-likeness (QED) is 0.679. The number of hydrogen-bond acceptors (Lipinski definition) is 4. The van der Waals surface area contributed by atoms with E-state index in [1.165, 1.54) is 36.4 Å². The van der Waals surface area contributed by atoms with Crippen LogP contribution in [0.2, 0.25) is 5.02 Å². The Hall–Kier alpha value is -2.00. The number of sulfonamides is 1. The first-order chi connectivity index (χ1) is 13.2. The highest BCUT2D eigenvalue weighted by Crippen LogP contribution is 2.28. The normalized spacial score (nSPS) is 12.8. The number of hydrogen-bond donors (Lipinski definition) is 2. The van der Waals surface area contributed by atoms with Crippen molar-refractivity contribution in [2.24, 2.45) is 0 Å². The molecule has 0 aliphatic carbocycles. The summed E-state index contributed by atoms with van der Waals surface area (Å²) in [4.78, 5) is 14.3. The van der Waals surface area contributed by atoms with Crippen molar-refractivity contribution in [1.29, 1.82) is 0 Å². The van der Waals surface area contributed by atoms with Gasteiger partial charge in [-0.05, 0) is 50.5 Å². The Morgan fingerprint density at radius 1 is 1.18 bits per heavy atom. The minimum absolute atomic E-state index is 0.0789. The van der Waals surface area contributed by atoms with Crippen LogP contribution < -0.4 is 10.0 Å². The Bertz CT molecular complexity index is 914. The highest BCUT2D eigenvalue weighted by atomic mass is 35.5. The molecule has 0 aromatic heterocycles. The van der Waals surface area contributed by atoms with Gasteiger partial charge in [0.2, 0.25) is 10.0 Å². The smallest absolute Gasteiger partial charge is 0.251 e. The lowest BCUT2D eigenvalue weighted by Crippen LogP contribution is -2.35. The van der Waals surface area contributed by atoms with Crippen LogP contribution in [0.4, 0.5) is 4.39 Å². The van der Waals surface area contributed by atoms with Gasteiger partial charge in [-0.2, -0.15) is 0 Å². The monoisotopic (exact) mass is 427 g/mol. The Balaban J connectivity index is 2.13. The second-order valence-electron chi connectivity index (χ2n) is 6.35. The van der Waals surface area contributed by atoms with E-state index in [9.17, 15) is 17.6 Å². The Morgan fingerprint density at radius 3 is 2.36 bits per heavy atom. The lowest BCUT2D eigenvalue weighted by molar-refractivity contribution is 0.0941. The molecule has 0 fully saturated rings. The number of rotatable bonds is 8. The first kappa shape index (κ1) is 22.3. The zero-order valence-corrected chi connectivity index (χ0v) is 17.4. The minimum atomic E-state index is -3.58. The Kier molecular flexibility index (Phi) is 7.54. The molecule has 0 bridgehead atoms. The van der Waals surface area contributed by atoms with Crippen molar-refractivity contribution in [3.05, 3.63) is 64.4 Å². The van der Waals surface area contributed by atoms with Crippen LogP contribution >= 0.6 is 11.6 Å². The molecule has 0 aliphatic heterocycles. The van der Waals surface area contributed by atoms with E-state index in [-0.39, 0.29) is 23.0 Å². The van der Waals surface area contributed by atoms with Crippen LogP contribution in [0.1, 0.15) is 28.9 Å². The van der Waals surface area contributed by atoms with Crippen molar-refractivity contribution >= 4 is 27.5 Å². The molecule has 2 rings (SSSR count). The second kappa shape index (κ2) is 9.47. The second-order valence-corrected chi connectivity index (χ2v) is 8.52. The van der Waals surface area contributed by atoms with Gasteiger partial charge < -0.3 is 10.2 Å². The predicted octanol–water partition coefficient (Wildman–Crippen LogP) is 2.81. The van der Waals surface area contributed by atoms with Crippen LogP contribution in [0.3, 0.4) is 0 Å². The molecule has 0 aliphatic rings. The van der Waals surface area contributed by atoms with Crippen LogP contribution in [0.25, 0.3) is 0 Å². The number of amides is 1. The molecule has 0 saturated heterocycles. The molecule has 0 saturated carbocycles. The summed E-state index contributed by atoms with van der Waals surface area (Å²) < 4.78 is 40.5. The molecular weight excluding hydrogens is 405 g/mol. The summed E-state index contributed by atoms with van der Waals surface area (Å²) in [7, 11) is -0.0523. The summed E-state index contributed by atoms with van der Waals surface area (Å²) in [6.45, 7) is 2.08. The first-order valence-corrected chi connectivity index (χ1v) is 10.5. The summed E-state index contributed by atoms with van der Waals surface area (Å²) in [6, 6.07) is 9.57. The van der Waals surface area contributed by atoms with Crippen LogP contribution in [0.5, 0.6) is 0 Å². The van der Waals surface area contributed by atoms with Crippen molar-refractivity contribution in [2.75, 3.05) is 27.2 Å². The fraction of sp³-hybridized carbons (Fsp3) is 0.316. The maximum atomic E-state index is 14.2. The van der Waals surface area contributed by atoms with E-state index in [1.54, 1.807) is 32.0 Å². The number of nitrogens with zero attached hydrogens (tertiary/aromatic N) is 1. The number of halogens is 2. The molecule has 0 unspecified atom stereocenters. The van der Waals surface area contributed by atoms with Gasteiger partial charge >= 0.3 is 0 Å². The van der Waals surface area contributed by atoms with E-state index < -0.39 is 27.8 Å². The fourth-order valence-electron chi connectivity index (χ4n) is 2.72. The summed E-state index contributed by atoms with van der Waals surface area (Å²) in [5.41, 5.74) is 0.606. The van der Waals surface area contributed by atoms with Crippen molar-refractivity contribution in [1.82, 2.24) is 14.9 Å². The third kappa shape index (κ3) is 5.29. The minimum Gasteiger partial charge on any atom is -0.350 e. The van der Waals surface area contributed by atoms with Gasteiger partial charge in [0.05, 0.1) is 10.9 Å². The molecule has 2 aromatic rings. The zero-order valence-electron chi connectivity index (χ0n) is 15.9. The maximum absolute atomic E-state index is 14.2. The zero-order chi connectivity index (χ0) is 20.9. The molecule has 9 heteroatoms. The molecule has 152 valence electrons. The summed E-state index contributed by atoms with van der Waals surface area (Å²) >= 11 is 6.14. The highest BCUT2D eigenvalue weighted by molar-refractivity contribution is 7.89. The molecule has 0 spiro atoms. The number of carbonyl (C=O) groups is 1. The van der Waals surface area contributed by atoms with Gasteiger partial charge in [0.15, 0.2) is 0 Å². The molecule has 2 aromatic carbocycles. The number of nitrogens with one attached hydrogen (secondary N) is 2. The van der Waals surface area contributed by atoms with Gasteiger partial charge in [0.25, 0.3) is 5.91 Å². The van der Waals surface area contributed by atoms with Gasteiger partial charge in [-0.1, -0.05) is 24.6 Å². The molecule has 1 atom stereocenters. The van der Waals surface area contributed by atoms with E-state index in [4.69, 9.17) is 11.6 Å². The van der Waals surface area contributed by atoms with Gasteiger partial charge in [0, 0.05) is 29.2 Å². The van der Waals surface area contributed by atoms with Crippen molar-refractivity contribution < 1.29 is 17.6 Å². The average Bonchev–Trinajstić information content (AvgIpc) is 2.63. The van der Waals surface area contributed by atoms with Crippen LogP contribution in [-0.4, -0.2) is 46.4 Å². The topological polar surface area (TPSA) is 78.5 Å².